The normalized spacial score (nSPS) is 44.2. The standard InChI is InChI=1S/C23H43N5O2S/c1-14-4-5-17(26-22(29)21-15(2)7-9-31-21)11-20(14)28-23-25-8-6-19(27-23)16-10-18(30-3)13-24-12-16/h14-21,23-25,27-28H,4-13H2,1-3H3,(H,26,29). The second kappa shape index (κ2) is 11.2. The molecule has 0 aromatic rings. The summed E-state index contributed by atoms with van der Waals surface area (Å²) in [5.74, 6) is 3.10. The predicted octanol–water partition coefficient (Wildman–Crippen LogP) is 1.25. The van der Waals surface area contributed by atoms with Gasteiger partial charge in [-0.1, -0.05) is 13.8 Å². The Morgan fingerprint density at radius 1 is 1.06 bits per heavy atom. The quantitative estimate of drug-likeness (QED) is 0.414. The number of piperidine rings is 1. The van der Waals surface area contributed by atoms with Crippen molar-refractivity contribution < 1.29 is 9.53 Å². The fraction of sp³-hybridized carbons (Fsp3) is 0.957. The fourth-order valence-corrected chi connectivity index (χ4v) is 7.30. The average Bonchev–Trinajstić information content (AvgIpc) is 3.22. The Bertz CT molecular complexity index is 596. The third-order valence-corrected chi connectivity index (χ3v) is 9.51. The topological polar surface area (TPSA) is 86.5 Å². The molecule has 0 aromatic carbocycles. The number of amides is 1. The maximum absolute atomic E-state index is 12.8. The highest BCUT2D eigenvalue weighted by Crippen LogP contribution is 2.33. The van der Waals surface area contributed by atoms with Crippen molar-refractivity contribution in [1.82, 2.24) is 26.6 Å². The minimum Gasteiger partial charge on any atom is -0.380 e. The highest BCUT2D eigenvalue weighted by Gasteiger charge is 2.36. The summed E-state index contributed by atoms with van der Waals surface area (Å²) in [5, 5.41) is 18.4. The molecule has 4 fully saturated rings. The third-order valence-electron chi connectivity index (χ3n) is 8.00. The Morgan fingerprint density at radius 3 is 2.71 bits per heavy atom. The molecule has 3 aliphatic heterocycles. The van der Waals surface area contributed by atoms with Gasteiger partial charge in [-0.15, -0.1) is 11.8 Å². The molecule has 4 rings (SSSR count). The van der Waals surface area contributed by atoms with Crippen molar-refractivity contribution in [1.29, 1.82) is 0 Å². The van der Waals surface area contributed by atoms with Crippen molar-refractivity contribution in [2.75, 3.05) is 32.5 Å². The van der Waals surface area contributed by atoms with E-state index in [9.17, 15) is 4.79 Å². The summed E-state index contributed by atoms with van der Waals surface area (Å²) in [7, 11) is 1.82. The maximum Gasteiger partial charge on any atom is 0.233 e. The first kappa shape index (κ1) is 23.8. The molecule has 5 N–H and O–H groups in total. The Balaban J connectivity index is 1.27. The molecule has 9 atom stereocenters. The molecule has 3 heterocycles. The Kier molecular flexibility index (Phi) is 8.56. The summed E-state index contributed by atoms with van der Waals surface area (Å²) in [6, 6.07) is 1.20. The summed E-state index contributed by atoms with van der Waals surface area (Å²) in [6.07, 6.45) is 7.16. The number of ether oxygens (including phenoxy) is 1. The second-order valence-electron chi connectivity index (χ2n) is 10.3. The predicted molar refractivity (Wildman–Crippen MR) is 127 cm³/mol. The van der Waals surface area contributed by atoms with Crippen LogP contribution in [0.4, 0.5) is 0 Å². The van der Waals surface area contributed by atoms with Crippen LogP contribution in [0.15, 0.2) is 0 Å². The molecule has 0 aromatic heterocycles. The van der Waals surface area contributed by atoms with Crippen LogP contribution in [-0.4, -0.2) is 74.2 Å². The second-order valence-corrected chi connectivity index (χ2v) is 11.5. The van der Waals surface area contributed by atoms with Crippen LogP contribution in [0.1, 0.15) is 52.4 Å². The Labute approximate surface area is 192 Å². The van der Waals surface area contributed by atoms with Crippen LogP contribution in [0.2, 0.25) is 0 Å². The van der Waals surface area contributed by atoms with E-state index in [1.54, 1.807) is 0 Å². The van der Waals surface area contributed by atoms with E-state index < -0.39 is 0 Å². The van der Waals surface area contributed by atoms with E-state index in [0.717, 1.165) is 63.9 Å². The number of rotatable bonds is 6. The number of carbonyl (C=O) groups is 1. The fourth-order valence-electron chi connectivity index (χ4n) is 5.85. The van der Waals surface area contributed by atoms with Crippen molar-refractivity contribution in [2.45, 2.75) is 88.1 Å². The van der Waals surface area contributed by atoms with Crippen LogP contribution < -0.4 is 26.6 Å². The molecular formula is C23H43N5O2S. The van der Waals surface area contributed by atoms with Gasteiger partial charge in [0.25, 0.3) is 0 Å². The lowest BCUT2D eigenvalue weighted by atomic mass is 9.82. The smallest absolute Gasteiger partial charge is 0.233 e. The summed E-state index contributed by atoms with van der Waals surface area (Å²) < 4.78 is 5.60. The van der Waals surface area contributed by atoms with Gasteiger partial charge in [0.2, 0.25) is 5.91 Å². The highest BCUT2D eigenvalue weighted by atomic mass is 32.2. The minimum absolute atomic E-state index is 0.133. The Morgan fingerprint density at radius 2 is 1.94 bits per heavy atom. The monoisotopic (exact) mass is 453 g/mol. The van der Waals surface area contributed by atoms with Crippen LogP contribution in [0, 0.1) is 17.8 Å². The van der Waals surface area contributed by atoms with E-state index in [4.69, 9.17) is 4.74 Å². The zero-order chi connectivity index (χ0) is 21.8. The van der Waals surface area contributed by atoms with Gasteiger partial charge in [-0.2, -0.15) is 0 Å². The van der Waals surface area contributed by atoms with Gasteiger partial charge >= 0.3 is 0 Å². The molecule has 1 amide bonds. The van der Waals surface area contributed by atoms with Crippen molar-refractivity contribution in [3.05, 3.63) is 0 Å². The number of carbonyl (C=O) groups excluding carboxylic acids is 1. The lowest BCUT2D eigenvalue weighted by Gasteiger charge is -2.43. The lowest BCUT2D eigenvalue weighted by Crippen LogP contribution is -2.66. The summed E-state index contributed by atoms with van der Waals surface area (Å²) in [5.41, 5.74) is 0. The lowest BCUT2D eigenvalue weighted by molar-refractivity contribution is -0.122. The van der Waals surface area contributed by atoms with E-state index in [-0.39, 0.29) is 17.4 Å². The van der Waals surface area contributed by atoms with E-state index in [0.29, 0.717) is 42.0 Å². The van der Waals surface area contributed by atoms with Crippen LogP contribution in [0.5, 0.6) is 0 Å². The van der Waals surface area contributed by atoms with E-state index in [1.807, 2.05) is 18.9 Å². The summed E-state index contributed by atoms with van der Waals surface area (Å²) in [6.45, 7) is 7.62. The number of hydrogen-bond donors (Lipinski definition) is 5. The van der Waals surface area contributed by atoms with Crippen molar-refractivity contribution in [2.24, 2.45) is 17.8 Å². The molecule has 8 heteroatoms. The van der Waals surface area contributed by atoms with Gasteiger partial charge in [-0.3, -0.25) is 20.7 Å². The van der Waals surface area contributed by atoms with Gasteiger partial charge in [0.15, 0.2) is 0 Å². The zero-order valence-corrected chi connectivity index (χ0v) is 20.3. The van der Waals surface area contributed by atoms with Gasteiger partial charge < -0.3 is 15.4 Å². The molecule has 1 saturated carbocycles. The highest BCUT2D eigenvalue weighted by molar-refractivity contribution is 8.00. The molecular weight excluding hydrogens is 410 g/mol. The van der Waals surface area contributed by atoms with Crippen molar-refractivity contribution >= 4 is 17.7 Å². The molecule has 1 aliphatic carbocycles. The summed E-state index contributed by atoms with van der Waals surface area (Å²) in [4.78, 5) is 12.8. The average molecular weight is 454 g/mol. The number of nitrogens with one attached hydrogen (secondary N) is 5. The molecule has 4 aliphatic rings. The number of thioether (sulfide) groups is 1. The van der Waals surface area contributed by atoms with Crippen LogP contribution in [0.3, 0.4) is 0 Å². The molecule has 31 heavy (non-hydrogen) atoms. The van der Waals surface area contributed by atoms with Crippen LogP contribution in [-0.2, 0) is 9.53 Å². The molecule has 9 unspecified atom stereocenters. The number of hydrogen-bond acceptors (Lipinski definition) is 7. The first-order valence-corrected chi connectivity index (χ1v) is 13.5. The zero-order valence-electron chi connectivity index (χ0n) is 19.5. The number of methoxy groups -OCH3 is 1. The Hall–Kier alpha value is -0.380. The molecule has 178 valence electrons. The van der Waals surface area contributed by atoms with Gasteiger partial charge in [0.05, 0.1) is 11.4 Å². The van der Waals surface area contributed by atoms with Gasteiger partial charge in [0.1, 0.15) is 6.29 Å². The minimum atomic E-state index is 0.133. The molecule has 3 saturated heterocycles. The maximum atomic E-state index is 12.8. The van der Waals surface area contributed by atoms with Crippen LogP contribution in [0.25, 0.3) is 0 Å². The first-order valence-electron chi connectivity index (χ1n) is 12.4. The molecule has 0 bridgehead atoms. The van der Waals surface area contributed by atoms with E-state index in [1.165, 1.54) is 0 Å². The van der Waals surface area contributed by atoms with Crippen LogP contribution >= 0.6 is 11.8 Å². The van der Waals surface area contributed by atoms with Gasteiger partial charge in [0, 0.05) is 31.8 Å². The SMILES string of the molecule is COC1CNCC(C2CCNC(NC3CC(NC(=O)C4SCCC4C)CCC3C)N2)C1. The molecule has 7 nitrogen and oxygen atoms in total. The summed E-state index contributed by atoms with van der Waals surface area (Å²) >= 11 is 1.83. The van der Waals surface area contributed by atoms with Crippen molar-refractivity contribution in [3.63, 3.8) is 0 Å². The largest absolute Gasteiger partial charge is 0.380 e. The van der Waals surface area contributed by atoms with Gasteiger partial charge in [-0.25, -0.2) is 0 Å². The van der Waals surface area contributed by atoms with E-state index >= 15 is 0 Å². The van der Waals surface area contributed by atoms with Crippen molar-refractivity contribution in [3.8, 4) is 0 Å². The molecule has 0 radical (unpaired) electrons. The van der Waals surface area contributed by atoms with Gasteiger partial charge in [-0.05, 0) is 75.1 Å². The first-order chi connectivity index (χ1) is 15.0. The third kappa shape index (κ3) is 6.15. The van der Waals surface area contributed by atoms with E-state index in [2.05, 4.69) is 40.4 Å². The molecule has 0 spiro atoms.